The van der Waals surface area contributed by atoms with Gasteiger partial charge in [-0.2, -0.15) is 4.80 Å². The van der Waals surface area contributed by atoms with Gasteiger partial charge >= 0.3 is 5.69 Å². The van der Waals surface area contributed by atoms with E-state index in [4.69, 9.17) is 16.3 Å². The van der Waals surface area contributed by atoms with Crippen molar-refractivity contribution in [2.24, 2.45) is 0 Å². The molecule has 1 amide bonds. The Labute approximate surface area is 181 Å². The van der Waals surface area contributed by atoms with Gasteiger partial charge in [0, 0.05) is 11.6 Å². The summed E-state index contributed by atoms with van der Waals surface area (Å²) in [5, 5.41) is 23.1. The van der Waals surface area contributed by atoms with E-state index in [0.717, 1.165) is 5.69 Å². The lowest BCUT2D eigenvalue weighted by Gasteiger charge is -2.09. The summed E-state index contributed by atoms with van der Waals surface area (Å²) < 4.78 is 5.25. The summed E-state index contributed by atoms with van der Waals surface area (Å²) in [5.74, 6) is -0.455. The molecule has 0 saturated heterocycles. The van der Waals surface area contributed by atoms with Crippen molar-refractivity contribution in [2.45, 2.75) is 6.92 Å². The molecule has 0 aliphatic carbocycles. The van der Waals surface area contributed by atoms with Gasteiger partial charge in [-0.05, 0) is 43.3 Å². The molecule has 1 aromatic heterocycles. The maximum Gasteiger partial charge on any atom is 0.311 e. The molecule has 0 fully saturated rings. The van der Waals surface area contributed by atoms with Gasteiger partial charge < -0.3 is 10.1 Å². The van der Waals surface area contributed by atoms with Gasteiger partial charge in [0.15, 0.2) is 5.75 Å². The third-order valence-electron chi connectivity index (χ3n) is 4.42. The number of nitrogens with one attached hydrogen (secondary N) is 1. The van der Waals surface area contributed by atoms with Crippen molar-refractivity contribution in [1.82, 2.24) is 15.0 Å². The molecule has 0 aliphatic rings. The maximum atomic E-state index is 12.7. The average Bonchev–Trinajstić information content (AvgIpc) is 3.17. The highest BCUT2D eigenvalue weighted by molar-refractivity contribution is 6.34. The fourth-order valence-corrected chi connectivity index (χ4v) is 3.19. The Morgan fingerprint density at radius 1 is 1.13 bits per heavy atom. The van der Waals surface area contributed by atoms with Crippen molar-refractivity contribution < 1.29 is 14.5 Å². The monoisotopic (exact) mass is 437 g/mol. The second-order valence-electron chi connectivity index (χ2n) is 6.47. The number of para-hydroxylation sites is 1. The molecule has 0 unspecified atom stereocenters. The summed E-state index contributed by atoms with van der Waals surface area (Å²) in [5.41, 5.74) is 1.99. The average molecular weight is 438 g/mol. The van der Waals surface area contributed by atoms with Gasteiger partial charge in [0.05, 0.1) is 27.9 Å². The molecule has 9 nitrogen and oxygen atoms in total. The molecule has 0 saturated carbocycles. The Morgan fingerprint density at radius 3 is 2.52 bits per heavy atom. The molecule has 0 bridgehead atoms. The Bertz CT molecular complexity index is 1290. The van der Waals surface area contributed by atoms with Gasteiger partial charge in [-0.25, -0.2) is 0 Å². The van der Waals surface area contributed by atoms with Gasteiger partial charge in [-0.15, -0.1) is 10.2 Å². The number of hydrogen-bond donors (Lipinski definition) is 1. The number of ether oxygens (including phenoxy) is 1. The second kappa shape index (κ2) is 8.41. The summed E-state index contributed by atoms with van der Waals surface area (Å²) in [7, 11) is 0. The van der Waals surface area contributed by atoms with Crippen LogP contribution in [0.3, 0.4) is 0 Å². The van der Waals surface area contributed by atoms with Crippen LogP contribution in [0.15, 0.2) is 60.7 Å². The molecule has 3 aromatic carbocycles. The lowest BCUT2D eigenvalue weighted by atomic mass is 10.1. The molecule has 31 heavy (non-hydrogen) atoms. The predicted octanol–water partition coefficient (Wildman–Crippen LogP) is 4.63. The zero-order valence-electron chi connectivity index (χ0n) is 16.3. The van der Waals surface area contributed by atoms with E-state index in [2.05, 4.69) is 15.5 Å². The second-order valence-corrected chi connectivity index (χ2v) is 6.88. The van der Waals surface area contributed by atoms with Crippen molar-refractivity contribution in [3.63, 3.8) is 0 Å². The first kappa shape index (κ1) is 20.3. The van der Waals surface area contributed by atoms with Crippen LogP contribution < -0.4 is 10.1 Å². The minimum absolute atomic E-state index is 0.0965. The van der Waals surface area contributed by atoms with Crippen LogP contribution in [0, 0.1) is 10.1 Å². The van der Waals surface area contributed by atoms with Crippen molar-refractivity contribution in [3.8, 4) is 11.4 Å². The zero-order valence-corrected chi connectivity index (χ0v) is 17.0. The van der Waals surface area contributed by atoms with Gasteiger partial charge in [0.1, 0.15) is 11.0 Å². The summed E-state index contributed by atoms with van der Waals surface area (Å²) >= 11 is 6.32. The van der Waals surface area contributed by atoms with Gasteiger partial charge in [-0.3, -0.25) is 14.9 Å². The molecule has 1 heterocycles. The molecular weight excluding hydrogens is 422 g/mol. The van der Waals surface area contributed by atoms with Crippen molar-refractivity contribution in [1.29, 1.82) is 0 Å². The standard InChI is InChI=1S/C21H16ClN5O4/c1-2-31-20-9-8-13(10-19(20)27(29)30)21(28)23-16-12-18-17(11-15(16)22)24-26(25-18)14-6-4-3-5-7-14/h3-12H,2H2,1H3,(H,23,28). The highest BCUT2D eigenvalue weighted by Crippen LogP contribution is 2.30. The van der Waals surface area contributed by atoms with E-state index < -0.39 is 10.8 Å². The summed E-state index contributed by atoms with van der Waals surface area (Å²) in [6.45, 7) is 1.99. The Hall–Kier alpha value is -3.98. The number of nitrogens with zero attached hydrogens (tertiary/aromatic N) is 4. The van der Waals surface area contributed by atoms with E-state index in [1.165, 1.54) is 23.0 Å². The fraction of sp³-hybridized carbons (Fsp3) is 0.0952. The van der Waals surface area contributed by atoms with E-state index in [0.29, 0.717) is 16.7 Å². The SMILES string of the molecule is CCOc1ccc(C(=O)Nc2cc3nn(-c4ccccc4)nc3cc2Cl)cc1[N+](=O)[O-]. The van der Waals surface area contributed by atoms with Crippen molar-refractivity contribution in [2.75, 3.05) is 11.9 Å². The molecule has 0 spiro atoms. The topological polar surface area (TPSA) is 112 Å². The number of hydrogen-bond acceptors (Lipinski definition) is 6. The molecule has 10 heteroatoms. The normalized spacial score (nSPS) is 10.8. The van der Waals surface area contributed by atoms with Crippen LogP contribution >= 0.6 is 11.6 Å². The van der Waals surface area contributed by atoms with Gasteiger partial charge in [0.25, 0.3) is 5.91 Å². The number of carbonyl (C=O) groups is 1. The quantitative estimate of drug-likeness (QED) is 0.347. The summed E-state index contributed by atoms with van der Waals surface area (Å²) in [4.78, 5) is 24.9. The number of aromatic nitrogens is 3. The van der Waals surface area contributed by atoms with E-state index in [1.54, 1.807) is 19.1 Å². The Balaban J connectivity index is 1.63. The maximum absolute atomic E-state index is 12.7. The van der Waals surface area contributed by atoms with Gasteiger partial charge in [0.2, 0.25) is 0 Å². The third kappa shape index (κ3) is 4.17. The van der Waals surface area contributed by atoms with E-state index in [-0.39, 0.29) is 28.6 Å². The van der Waals surface area contributed by atoms with Crippen LogP contribution in [-0.2, 0) is 0 Å². The number of benzene rings is 3. The number of nitro groups is 1. The van der Waals surface area contributed by atoms with Crippen LogP contribution in [0.5, 0.6) is 5.75 Å². The summed E-state index contributed by atoms with van der Waals surface area (Å²) in [6.07, 6.45) is 0. The van der Waals surface area contributed by atoms with E-state index in [1.807, 2.05) is 30.3 Å². The highest BCUT2D eigenvalue weighted by atomic mass is 35.5. The number of nitro benzene ring substituents is 1. The first-order valence-electron chi connectivity index (χ1n) is 9.31. The van der Waals surface area contributed by atoms with E-state index in [9.17, 15) is 14.9 Å². The molecule has 0 atom stereocenters. The predicted molar refractivity (Wildman–Crippen MR) is 116 cm³/mol. The van der Waals surface area contributed by atoms with Crippen LogP contribution in [0.1, 0.15) is 17.3 Å². The summed E-state index contributed by atoms with van der Waals surface area (Å²) in [6, 6.07) is 16.6. The zero-order chi connectivity index (χ0) is 22.0. The van der Waals surface area contributed by atoms with Crippen molar-refractivity contribution in [3.05, 3.63) is 81.4 Å². The van der Waals surface area contributed by atoms with Gasteiger partial charge in [-0.1, -0.05) is 29.8 Å². The van der Waals surface area contributed by atoms with Crippen LogP contribution in [0.2, 0.25) is 5.02 Å². The minimum Gasteiger partial charge on any atom is -0.487 e. The van der Waals surface area contributed by atoms with E-state index >= 15 is 0 Å². The number of fused-ring (bicyclic) bond motifs is 1. The molecule has 4 rings (SSSR count). The first-order chi connectivity index (χ1) is 15.0. The molecular formula is C21H16ClN5O4. The molecule has 0 radical (unpaired) electrons. The third-order valence-corrected chi connectivity index (χ3v) is 4.73. The Morgan fingerprint density at radius 2 is 1.84 bits per heavy atom. The number of anilines is 1. The smallest absolute Gasteiger partial charge is 0.311 e. The first-order valence-corrected chi connectivity index (χ1v) is 9.68. The number of halogens is 1. The fourth-order valence-electron chi connectivity index (χ4n) is 2.98. The molecule has 156 valence electrons. The van der Waals surface area contributed by atoms with Crippen LogP contribution in [0.25, 0.3) is 16.7 Å². The van der Waals surface area contributed by atoms with Crippen molar-refractivity contribution >= 4 is 39.9 Å². The lowest BCUT2D eigenvalue weighted by molar-refractivity contribution is -0.385. The van der Waals surface area contributed by atoms with Crippen LogP contribution in [0.4, 0.5) is 11.4 Å². The number of rotatable bonds is 6. The highest BCUT2D eigenvalue weighted by Gasteiger charge is 2.19. The minimum atomic E-state index is -0.595. The molecule has 1 N–H and O–H groups in total. The number of carbonyl (C=O) groups excluding carboxylic acids is 1. The number of amides is 1. The van der Waals surface area contributed by atoms with Crippen LogP contribution in [-0.4, -0.2) is 32.4 Å². The lowest BCUT2D eigenvalue weighted by Crippen LogP contribution is -2.13. The largest absolute Gasteiger partial charge is 0.487 e. The Kier molecular flexibility index (Phi) is 5.50. The molecule has 0 aliphatic heterocycles. The molecule has 4 aromatic rings.